The summed E-state index contributed by atoms with van der Waals surface area (Å²) in [5.41, 5.74) is 0.518. The Labute approximate surface area is 97.1 Å². The lowest BCUT2D eigenvalue weighted by atomic mass is 10.2. The largest absolute Gasteiger partial charge is 0.304 e. The number of thioether (sulfide) groups is 1. The molecule has 0 aromatic heterocycles. The maximum Gasteiger partial charge on any atom is 0.279 e. The van der Waals surface area contributed by atoms with E-state index < -0.39 is 0 Å². The molecule has 0 bridgehead atoms. The average Bonchev–Trinajstić information content (AvgIpc) is 2.59. The van der Waals surface area contributed by atoms with Crippen LogP contribution in [0.2, 0.25) is 0 Å². The van der Waals surface area contributed by atoms with Crippen LogP contribution in [0.1, 0.15) is 17.3 Å². The highest BCUT2D eigenvalue weighted by Crippen LogP contribution is 2.18. The summed E-state index contributed by atoms with van der Waals surface area (Å²) in [6.07, 6.45) is 0. The van der Waals surface area contributed by atoms with E-state index in [1.807, 2.05) is 6.07 Å². The first-order chi connectivity index (χ1) is 7.66. The van der Waals surface area contributed by atoms with Crippen molar-refractivity contribution in [3.63, 3.8) is 0 Å². The zero-order valence-corrected chi connectivity index (χ0v) is 9.45. The van der Waals surface area contributed by atoms with Gasteiger partial charge in [0, 0.05) is 5.56 Å². The number of nitrogens with one attached hydrogen (secondary N) is 1. The van der Waals surface area contributed by atoms with E-state index in [9.17, 15) is 9.59 Å². The number of amidine groups is 1. The second-order valence-electron chi connectivity index (χ2n) is 3.34. The SMILES string of the molecule is CC1SC(=NC(=O)c2ccccc2)NC1=O. The maximum atomic E-state index is 11.7. The van der Waals surface area contributed by atoms with Gasteiger partial charge in [-0.2, -0.15) is 4.99 Å². The number of benzene rings is 1. The molecule has 0 spiro atoms. The fourth-order valence-electron chi connectivity index (χ4n) is 1.25. The highest BCUT2D eigenvalue weighted by atomic mass is 32.2. The Hall–Kier alpha value is -1.62. The minimum Gasteiger partial charge on any atom is -0.304 e. The van der Waals surface area contributed by atoms with Crippen molar-refractivity contribution >= 4 is 28.7 Å². The molecular formula is C11H10N2O2S. The van der Waals surface area contributed by atoms with Gasteiger partial charge in [0.05, 0.1) is 5.25 Å². The van der Waals surface area contributed by atoms with E-state index in [0.717, 1.165) is 0 Å². The van der Waals surface area contributed by atoms with Gasteiger partial charge in [0.25, 0.3) is 5.91 Å². The highest BCUT2D eigenvalue weighted by molar-refractivity contribution is 8.15. The average molecular weight is 234 g/mol. The van der Waals surface area contributed by atoms with Crippen LogP contribution in [0.15, 0.2) is 35.3 Å². The van der Waals surface area contributed by atoms with Crippen molar-refractivity contribution in [2.45, 2.75) is 12.2 Å². The Balaban J connectivity index is 2.14. The molecule has 0 saturated carbocycles. The lowest BCUT2D eigenvalue weighted by molar-refractivity contribution is -0.118. The monoisotopic (exact) mass is 234 g/mol. The molecule has 5 heteroatoms. The van der Waals surface area contributed by atoms with Crippen LogP contribution < -0.4 is 5.32 Å². The number of hydrogen-bond donors (Lipinski definition) is 1. The molecule has 1 aromatic carbocycles. The van der Waals surface area contributed by atoms with E-state index in [0.29, 0.717) is 10.7 Å². The van der Waals surface area contributed by atoms with Gasteiger partial charge in [-0.15, -0.1) is 0 Å². The number of carbonyl (C=O) groups is 2. The molecule has 1 unspecified atom stereocenters. The van der Waals surface area contributed by atoms with Crippen molar-refractivity contribution in [3.05, 3.63) is 35.9 Å². The summed E-state index contributed by atoms with van der Waals surface area (Å²) in [7, 11) is 0. The number of carbonyl (C=O) groups excluding carboxylic acids is 2. The predicted molar refractivity (Wildman–Crippen MR) is 63.4 cm³/mol. The van der Waals surface area contributed by atoms with Gasteiger partial charge in [-0.05, 0) is 19.1 Å². The molecule has 1 fully saturated rings. The molecule has 82 valence electrons. The standard InChI is InChI=1S/C11H10N2O2S/c1-7-9(14)12-11(16-7)13-10(15)8-5-3-2-4-6-8/h2-7H,1H3,(H,12,13,14,15). The minimum atomic E-state index is -0.336. The van der Waals surface area contributed by atoms with E-state index in [-0.39, 0.29) is 17.1 Å². The molecule has 1 aromatic rings. The zero-order chi connectivity index (χ0) is 11.5. The Morgan fingerprint density at radius 2 is 2.06 bits per heavy atom. The first kappa shape index (κ1) is 10.9. The number of rotatable bonds is 1. The molecule has 2 amide bonds. The third-order valence-electron chi connectivity index (χ3n) is 2.11. The molecular weight excluding hydrogens is 224 g/mol. The minimum absolute atomic E-state index is 0.107. The Bertz CT molecular complexity index is 456. The lowest BCUT2D eigenvalue weighted by Crippen LogP contribution is -2.23. The van der Waals surface area contributed by atoms with Crippen LogP contribution in [0.3, 0.4) is 0 Å². The van der Waals surface area contributed by atoms with E-state index >= 15 is 0 Å². The molecule has 16 heavy (non-hydrogen) atoms. The topological polar surface area (TPSA) is 58.5 Å². The first-order valence-electron chi connectivity index (χ1n) is 4.82. The third-order valence-corrected chi connectivity index (χ3v) is 3.10. The van der Waals surface area contributed by atoms with Crippen LogP contribution in [-0.4, -0.2) is 22.2 Å². The third kappa shape index (κ3) is 2.30. The van der Waals surface area contributed by atoms with Gasteiger partial charge in [0.2, 0.25) is 5.91 Å². The predicted octanol–water partition coefficient (Wildman–Crippen LogP) is 1.43. The van der Waals surface area contributed by atoms with Crippen molar-refractivity contribution in [2.24, 2.45) is 4.99 Å². The summed E-state index contributed by atoms with van der Waals surface area (Å²) in [6, 6.07) is 8.76. The summed E-state index contributed by atoms with van der Waals surface area (Å²) in [6.45, 7) is 1.77. The molecule has 0 aliphatic carbocycles. The van der Waals surface area contributed by atoms with Crippen molar-refractivity contribution in [1.29, 1.82) is 0 Å². The molecule has 1 aliphatic rings. The van der Waals surface area contributed by atoms with Gasteiger partial charge in [0.1, 0.15) is 0 Å². The summed E-state index contributed by atoms with van der Waals surface area (Å²) in [4.78, 5) is 26.7. The molecule has 4 nitrogen and oxygen atoms in total. The van der Waals surface area contributed by atoms with E-state index in [1.165, 1.54) is 11.8 Å². The first-order valence-corrected chi connectivity index (χ1v) is 5.70. The summed E-state index contributed by atoms with van der Waals surface area (Å²) in [5, 5.41) is 2.76. The highest BCUT2D eigenvalue weighted by Gasteiger charge is 2.26. The molecule has 0 radical (unpaired) electrons. The molecule has 1 aliphatic heterocycles. The van der Waals surface area contributed by atoms with E-state index in [1.54, 1.807) is 31.2 Å². The van der Waals surface area contributed by atoms with Gasteiger partial charge in [-0.3, -0.25) is 9.59 Å². The molecule has 2 rings (SSSR count). The second-order valence-corrected chi connectivity index (χ2v) is 4.67. The van der Waals surface area contributed by atoms with Gasteiger partial charge < -0.3 is 5.32 Å². The van der Waals surface area contributed by atoms with Gasteiger partial charge in [0.15, 0.2) is 5.17 Å². The summed E-state index contributed by atoms with van der Waals surface area (Å²) < 4.78 is 0. The van der Waals surface area contributed by atoms with Crippen LogP contribution in [0.25, 0.3) is 0 Å². The number of hydrogen-bond acceptors (Lipinski definition) is 3. The Morgan fingerprint density at radius 1 is 1.38 bits per heavy atom. The van der Waals surface area contributed by atoms with Crippen LogP contribution >= 0.6 is 11.8 Å². The van der Waals surface area contributed by atoms with Crippen molar-refractivity contribution in [2.75, 3.05) is 0 Å². The molecule has 1 saturated heterocycles. The van der Waals surface area contributed by atoms with E-state index in [2.05, 4.69) is 10.3 Å². The van der Waals surface area contributed by atoms with Crippen LogP contribution in [-0.2, 0) is 4.79 Å². The van der Waals surface area contributed by atoms with Gasteiger partial charge >= 0.3 is 0 Å². The number of amides is 2. The van der Waals surface area contributed by atoms with Gasteiger partial charge in [-0.1, -0.05) is 30.0 Å². The number of nitrogens with zero attached hydrogens (tertiary/aromatic N) is 1. The van der Waals surface area contributed by atoms with E-state index in [4.69, 9.17) is 0 Å². The smallest absolute Gasteiger partial charge is 0.279 e. The van der Waals surface area contributed by atoms with Crippen LogP contribution in [0.4, 0.5) is 0 Å². The Kier molecular flexibility index (Phi) is 3.05. The van der Waals surface area contributed by atoms with Gasteiger partial charge in [-0.25, -0.2) is 0 Å². The molecule has 1 N–H and O–H groups in total. The lowest BCUT2D eigenvalue weighted by Gasteiger charge is -1.96. The fourth-order valence-corrected chi connectivity index (χ4v) is 2.05. The Morgan fingerprint density at radius 3 is 2.62 bits per heavy atom. The van der Waals surface area contributed by atoms with Crippen LogP contribution in [0.5, 0.6) is 0 Å². The molecule has 1 atom stereocenters. The van der Waals surface area contributed by atoms with Crippen molar-refractivity contribution in [3.8, 4) is 0 Å². The van der Waals surface area contributed by atoms with Crippen molar-refractivity contribution in [1.82, 2.24) is 5.32 Å². The summed E-state index contributed by atoms with van der Waals surface area (Å²) >= 11 is 1.27. The maximum absolute atomic E-state index is 11.7. The normalized spacial score (nSPS) is 22.2. The fraction of sp³-hybridized carbons (Fsp3) is 0.182. The number of aliphatic imine (C=N–C) groups is 1. The van der Waals surface area contributed by atoms with Crippen LogP contribution in [0, 0.1) is 0 Å². The second kappa shape index (κ2) is 4.49. The quantitative estimate of drug-likeness (QED) is 0.799. The van der Waals surface area contributed by atoms with Crippen molar-refractivity contribution < 1.29 is 9.59 Å². The molecule has 1 heterocycles. The summed E-state index contributed by atoms with van der Waals surface area (Å²) in [5.74, 6) is -0.442. The zero-order valence-electron chi connectivity index (χ0n) is 8.64.